The smallest absolute Gasteiger partial charge is 0.323 e. The van der Waals surface area contributed by atoms with E-state index < -0.39 is 20.5 Å². The molecule has 1 fully saturated rings. The van der Waals surface area contributed by atoms with Crippen molar-refractivity contribution in [3.8, 4) is 5.75 Å². The molecule has 200 valence electrons. The van der Waals surface area contributed by atoms with Gasteiger partial charge in [0, 0.05) is 17.5 Å². The average molecular weight is 538 g/mol. The molecule has 3 N–H and O–H groups in total. The third kappa shape index (κ3) is 5.31. The molecule has 1 aliphatic heterocycles. The second-order valence-electron chi connectivity index (χ2n) is 9.51. The number of methoxy groups -OCH3 is 1. The Morgan fingerprint density at radius 2 is 1.95 bits per heavy atom. The fraction of sp³-hybridized carbons (Fsp3) is 0.370. The molecule has 5 rings (SSSR count). The highest BCUT2D eigenvalue weighted by atomic mass is 31.2. The standard InChI is InChI=1S/C27H32N5O5P/c1-16-14-23(35-26(16)32-13-12-21-24(28)29-15-30-25(21)32)18(3)36-38(31-17(2)27(33)34-4)37-22-11-7-9-19-8-5-6-10-20(19)22/h5-13,15-18,23,26,31H,14H2,1-4H3,(H2,28,29,30)/t16?,17-,18?,23?,26?,38?/m0/s1. The van der Waals surface area contributed by atoms with Crippen molar-refractivity contribution in [3.63, 3.8) is 0 Å². The molecule has 2 aromatic carbocycles. The minimum Gasteiger partial charge on any atom is -0.468 e. The molecule has 0 aliphatic carbocycles. The molecule has 1 saturated heterocycles. The molecule has 4 aromatic rings. The van der Waals surface area contributed by atoms with Gasteiger partial charge in [0.05, 0.1) is 24.7 Å². The maximum absolute atomic E-state index is 12.2. The zero-order chi connectivity index (χ0) is 26.8. The van der Waals surface area contributed by atoms with E-state index in [4.69, 9.17) is 24.3 Å². The molecular formula is C27H32N5O5P. The third-order valence-corrected chi connectivity index (χ3v) is 8.27. The van der Waals surface area contributed by atoms with Crippen molar-refractivity contribution in [2.45, 2.75) is 51.7 Å². The molecule has 0 spiro atoms. The third-order valence-electron chi connectivity index (χ3n) is 6.79. The van der Waals surface area contributed by atoms with Crippen LogP contribution in [0.2, 0.25) is 0 Å². The van der Waals surface area contributed by atoms with Crippen LogP contribution < -0.4 is 15.3 Å². The van der Waals surface area contributed by atoms with Crippen molar-refractivity contribution in [2.24, 2.45) is 5.92 Å². The molecule has 0 saturated carbocycles. The van der Waals surface area contributed by atoms with Gasteiger partial charge in [0.25, 0.3) is 0 Å². The number of nitrogens with zero attached hydrogens (tertiary/aromatic N) is 3. The lowest BCUT2D eigenvalue weighted by Crippen LogP contribution is -2.35. The molecule has 10 nitrogen and oxygen atoms in total. The lowest BCUT2D eigenvalue weighted by Gasteiger charge is -2.27. The van der Waals surface area contributed by atoms with E-state index in [0.29, 0.717) is 11.6 Å². The first-order valence-electron chi connectivity index (χ1n) is 12.5. The van der Waals surface area contributed by atoms with Gasteiger partial charge in [-0.3, -0.25) is 4.79 Å². The summed E-state index contributed by atoms with van der Waals surface area (Å²) in [4.78, 5) is 20.7. The van der Waals surface area contributed by atoms with Crippen LogP contribution in [0.4, 0.5) is 5.82 Å². The van der Waals surface area contributed by atoms with Crippen molar-refractivity contribution in [3.05, 3.63) is 61.1 Å². The number of anilines is 1. The summed E-state index contributed by atoms with van der Waals surface area (Å²) in [5, 5.41) is 5.97. The number of rotatable bonds is 9. The molecule has 2 aromatic heterocycles. The monoisotopic (exact) mass is 537 g/mol. The Morgan fingerprint density at radius 1 is 1.16 bits per heavy atom. The SMILES string of the molecule is COC(=O)[C@H](C)NP(Oc1cccc2ccccc12)OC(C)C1CC(C)C(n2ccc3c(N)ncnc32)O1. The summed E-state index contributed by atoms with van der Waals surface area (Å²) in [6, 6.07) is 15.1. The Hall–Kier alpha value is -3.30. The van der Waals surface area contributed by atoms with Crippen LogP contribution in [0.5, 0.6) is 5.75 Å². The maximum atomic E-state index is 12.2. The summed E-state index contributed by atoms with van der Waals surface area (Å²) in [5.41, 5.74) is 6.76. The quantitative estimate of drug-likeness (QED) is 0.225. The van der Waals surface area contributed by atoms with E-state index in [1.54, 1.807) is 6.92 Å². The molecule has 3 heterocycles. The first kappa shape index (κ1) is 26.3. The van der Waals surface area contributed by atoms with E-state index in [-0.39, 0.29) is 24.4 Å². The number of aromatic nitrogens is 3. The summed E-state index contributed by atoms with van der Waals surface area (Å²) >= 11 is 0. The van der Waals surface area contributed by atoms with Crippen LogP contribution in [-0.4, -0.2) is 45.9 Å². The topological polar surface area (TPSA) is 123 Å². The van der Waals surface area contributed by atoms with Gasteiger partial charge in [-0.05, 0) is 37.8 Å². The second-order valence-corrected chi connectivity index (χ2v) is 10.7. The number of carbonyl (C=O) groups is 1. The Morgan fingerprint density at radius 3 is 2.76 bits per heavy atom. The number of hydrogen-bond donors (Lipinski definition) is 2. The fourth-order valence-corrected chi connectivity index (χ4v) is 6.09. The normalized spacial score (nSPS) is 21.8. The van der Waals surface area contributed by atoms with Gasteiger partial charge in [-0.2, -0.15) is 0 Å². The highest BCUT2D eigenvalue weighted by Gasteiger charge is 2.39. The summed E-state index contributed by atoms with van der Waals surface area (Å²) in [6.07, 6.45) is 3.40. The van der Waals surface area contributed by atoms with Gasteiger partial charge in [-0.25, -0.2) is 15.1 Å². The summed E-state index contributed by atoms with van der Waals surface area (Å²) in [6.45, 7) is 5.82. The largest absolute Gasteiger partial charge is 0.468 e. The molecule has 5 unspecified atom stereocenters. The van der Waals surface area contributed by atoms with Crippen molar-refractivity contribution < 1.29 is 23.3 Å². The van der Waals surface area contributed by atoms with Gasteiger partial charge in [0.2, 0.25) is 0 Å². The number of nitrogens with one attached hydrogen (secondary N) is 1. The van der Waals surface area contributed by atoms with Crippen LogP contribution in [0.1, 0.15) is 33.4 Å². The van der Waals surface area contributed by atoms with Crippen LogP contribution in [0, 0.1) is 5.92 Å². The van der Waals surface area contributed by atoms with Gasteiger partial charge in [0.1, 0.15) is 35.8 Å². The molecule has 11 heteroatoms. The maximum Gasteiger partial charge on any atom is 0.323 e. The molecule has 1 aliphatic rings. The van der Waals surface area contributed by atoms with Crippen LogP contribution in [0.25, 0.3) is 21.8 Å². The lowest BCUT2D eigenvalue weighted by atomic mass is 10.0. The predicted octanol–water partition coefficient (Wildman–Crippen LogP) is 4.95. The Bertz CT molecular complexity index is 1430. The molecule has 0 amide bonds. The number of fused-ring (bicyclic) bond motifs is 2. The summed E-state index contributed by atoms with van der Waals surface area (Å²) < 4.78 is 26.2. The van der Waals surface area contributed by atoms with E-state index in [1.165, 1.54) is 13.4 Å². The zero-order valence-electron chi connectivity index (χ0n) is 21.8. The summed E-state index contributed by atoms with van der Waals surface area (Å²) in [5.74, 6) is 0.905. The van der Waals surface area contributed by atoms with Gasteiger partial charge in [-0.15, -0.1) is 0 Å². The number of hydrogen-bond acceptors (Lipinski definition) is 9. The number of carbonyl (C=O) groups excluding carboxylic acids is 1. The highest BCUT2D eigenvalue weighted by Crippen LogP contribution is 2.44. The van der Waals surface area contributed by atoms with Crippen molar-refractivity contribution in [2.75, 3.05) is 12.8 Å². The number of benzene rings is 2. The molecular weight excluding hydrogens is 505 g/mol. The Kier molecular flexibility index (Phi) is 7.76. The fourth-order valence-electron chi connectivity index (χ4n) is 4.74. The zero-order valence-corrected chi connectivity index (χ0v) is 22.7. The summed E-state index contributed by atoms with van der Waals surface area (Å²) in [7, 11) is -0.368. The second kappa shape index (κ2) is 11.2. The van der Waals surface area contributed by atoms with E-state index in [1.807, 2.05) is 66.2 Å². The van der Waals surface area contributed by atoms with E-state index in [0.717, 1.165) is 28.2 Å². The minimum atomic E-state index is -1.72. The number of nitrogens with two attached hydrogens (primary N) is 1. The van der Waals surface area contributed by atoms with Crippen LogP contribution in [0.3, 0.4) is 0 Å². The molecule has 0 bridgehead atoms. The lowest BCUT2D eigenvalue weighted by molar-refractivity contribution is -0.142. The van der Waals surface area contributed by atoms with Gasteiger partial charge >= 0.3 is 14.5 Å². The minimum absolute atomic E-state index is 0.199. The van der Waals surface area contributed by atoms with Gasteiger partial charge in [-0.1, -0.05) is 43.3 Å². The predicted molar refractivity (Wildman–Crippen MR) is 146 cm³/mol. The molecule has 38 heavy (non-hydrogen) atoms. The van der Waals surface area contributed by atoms with E-state index >= 15 is 0 Å². The molecule has 0 radical (unpaired) electrons. The first-order valence-corrected chi connectivity index (χ1v) is 13.7. The van der Waals surface area contributed by atoms with E-state index in [2.05, 4.69) is 22.0 Å². The van der Waals surface area contributed by atoms with Crippen molar-refractivity contribution >= 4 is 42.1 Å². The highest BCUT2D eigenvalue weighted by molar-refractivity contribution is 7.45. The average Bonchev–Trinajstić information content (AvgIpc) is 3.52. The van der Waals surface area contributed by atoms with Crippen LogP contribution in [0.15, 0.2) is 61.1 Å². The number of esters is 1. The van der Waals surface area contributed by atoms with Crippen LogP contribution >= 0.6 is 8.53 Å². The Labute approximate surface area is 222 Å². The first-order chi connectivity index (χ1) is 18.4. The van der Waals surface area contributed by atoms with Crippen molar-refractivity contribution in [1.82, 2.24) is 19.6 Å². The number of ether oxygens (including phenoxy) is 2. The van der Waals surface area contributed by atoms with Crippen molar-refractivity contribution in [1.29, 1.82) is 0 Å². The number of nitrogen functional groups attached to an aromatic ring is 1. The molecule has 6 atom stereocenters. The van der Waals surface area contributed by atoms with Crippen LogP contribution in [-0.2, 0) is 18.8 Å². The van der Waals surface area contributed by atoms with E-state index in [9.17, 15) is 4.79 Å². The van der Waals surface area contributed by atoms with Gasteiger partial charge < -0.3 is 28.8 Å². The Balaban J connectivity index is 1.34. The van der Waals surface area contributed by atoms with Gasteiger partial charge in [0.15, 0.2) is 0 Å².